The molecule has 3 nitrogen and oxygen atoms in total. The van der Waals surface area contributed by atoms with Crippen LogP contribution in [0, 0.1) is 11.8 Å². The smallest absolute Gasteiger partial charge is 0.0662 e. The van der Waals surface area contributed by atoms with Crippen molar-refractivity contribution in [1.29, 1.82) is 0 Å². The van der Waals surface area contributed by atoms with Crippen molar-refractivity contribution in [3.05, 3.63) is 30.0 Å². The van der Waals surface area contributed by atoms with E-state index >= 15 is 0 Å². The third kappa shape index (κ3) is 2.36. The fourth-order valence-corrected chi connectivity index (χ4v) is 1.37. The molecule has 0 spiro atoms. The second kappa shape index (κ2) is 4.63. The molecule has 15 heavy (non-hydrogen) atoms. The summed E-state index contributed by atoms with van der Waals surface area (Å²) < 4.78 is 0. The molecule has 0 aliphatic carbocycles. The molecule has 0 saturated heterocycles. The molecule has 3 heteroatoms. The van der Waals surface area contributed by atoms with Crippen LogP contribution in [0.5, 0.6) is 0 Å². The predicted octanol–water partition coefficient (Wildman–Crippen LogP) is 1.52. The average molecular weight is 199 g/mol. The van der Waals surface area contributed by atoms with Crippen molar-refractivity contribution in [2.24, 2.45) is 0 Å². The van der Waals surface area contributed by atoms with Gasteiger partial charge in [-0.3, -0.25) is 5.10 Å². The molecule has 0 aliphatic heterocycles. The maximum Gasteiger partial charge on any atom is 0.0662 e. The number of hydrogen-bond acceptors (Lipinski definition) is 2. The molecule has 0 radical (unpaired) electrons. The third-order valence-corrected chi connectivity index (χ3v) is 2.17. The van der Waals surface area contributed by atoms with Crippen LogP contribution < -0.4 is 5.32 Å². The van der Waals surface area contributed by atoms with E-state index in [2.05, 4.69) is 27.4 Å². The first kappa shape index (κ1) is 9.75. The van der Waals surface area contributed by atoms with E-state index in [0.29, 0.717) is 0 Å². The van der Waals surface area contributed by atoms with E-state index in [4.69, 9.17) is 0 Å². The molecule has 1 aromatic carbocycles. The van der Waals surface area contributed by atoms with Crippen LogP contribution in [0.25, 0.3) is 10.9 Å². The van der Waals surface area contributed by atoms with E-state index in [-0.39, 0.29) is 0 Å². The first-order valence-electron chi connectivity index (χ1n) is 4.97. The van der Waals surface area contributed by atoms with Crippen molar-refractivity contribution in [3.8, 4) is 11.8 Å². The summed E-state index contributed by atoms with van der Waals surface area (Å²) >= 11 is 0. The quantitative estimate of drug-likeness (QED) is 0.568. The molecular weight excluding hydrogens is 186 g/mol. The van der Waals surface area contributed by atoms with Gasteiger partial charge in [-0.1, -0.05) is 11.8 Å². The highest BCUT2D eigenvalue weighted by Gasteiger charge is 1.94. The lowest BCUT2D eigenvalue weighted by atomic mass is 10.2. The highest BCUT2D eigenvalue weighted by Crippen LogP contribution is 2.11. The fourth-order valence-electron chi connectivity index (χ4n) is 1.37. The minimum atomic E-state index is 0.873. The summed E-state index contributed by atoms with van der Waals surface area (Å²) in [5.74, 6) is 6.24. The largest absolute Gasteiger partial charge is 0.319 e. The number of nitrogens with zero attached hydrogens (tertiary/aromatic N) is 1. The number of benzene rings is 1. The highest BCUT2D eigenvalue weighted by atomic mass is 15.1. The van der Waals surface area contributed by atoms with Crippen LogP contribution in [0.4, 0.5) is 0 Å². The zero-order valence-electron chi connectivity index (χ0n) is 8.67. The van der Waals surface area contributed by atoms with Gasteiger partial charge in [0, 0.05) is 23.9 Å². The Labute approximate surface area is 88.9 Å². The molecule has 1 aromatic heterocycles. The second-order valence-electron chi connectivity index (χ2n) is 3.33. The number of nitrogens with one attached hydrogen (secondary N) is 2. The van der Waals surface area contributed by atoms with E-state index in [1.165, 1.54) is 0 Å². The number of H-pyrrole nitrogens is 1. The summed E-state index contributed by atoms with van der Waals surface area (Å²) in [6, 6.07) is 6.07. The third-order valence-electron chi connectivity index (χ3n) is 2.17. The first-order chi connectivity index (χ1) is 7.40. The first-order valence-corrected chi connectivity index (χ1v) is 4.97. The Hall–Kier alpha value is -1.79. The minimum Gasteiger partial charge on any atom is -0.319 e. The molecule has 2 aromatic rings. The highest BCUT2D eigenvalue weighted by molar-refractivity contribution is 5.79. The van der Waals surface area contributed by atoms with Crippen molar-refractivity contribution >= 4 is 10.9 Å². The van der Waals surface area contributed by atoms with Crippen LogP contribution in [0.3, 0.4) is 0 Å². The Bertz CT molecular complexity index is 502. The van der Waals surface area contributed by atoms with Gasteiger partial charge >= 0.3 is 0 Å². The Morgan fingerprint density at radius 2 is 2.40 bits per heavy atom. The topological polar surface area (TPSA) is 40.7 Å². The molecule has 0 fully saturated rings. The van der Waals surface area contributed by atoms with E-state index in [0.717, 1.165) is 29.4 Å². The van der Waals surface area contributed by atoms with Crippen molar-refractivity contribution in [3.63, 3.8) is 0 Å². The minimum absolute atomic E-state index is 0.873. The molecule has 0 saturated carbocycles. The van der Waals surface area contributed by atoms with Crippen LogP contribution in [0.15, 0.2) is 24.4 Å². The van der Waals surface area contributed by atoms with Crippen molar-refractivity contribution in [1.82, 2.24) is 15.5 Å². The van der Waals surface area contributed by atoms with E-state index in [1.54, 1.807) is 0 Å². The van der Waals surface area contributed by atoms with Gasteiger partial charge in [0.2, 0.25) is 0 Å². The summed E-state index contributed by atoms with van der Waals surface area (Å²) in [5, 5.41) is 11.1. The van der Waals surface area contributed by atoms with Gasteiger partial charge < -0.3 is 5.32 Å². The Morgan fingerprint density at radius 1 is 1.47 bits per heavy atom. The molecule has 0 bridgehead atoms. The van der Waals surface area contributed by atoms with Gasteiger partial charge in [-0.15, -0.1) is 0 Å². The second-order valence-corrected chi connectivity index (χ2v) is 3.33. The Morgan fingerprint density at radius 3 is 3.27 bits per heavy atom. The summed E-state index contributed by atoms with van der Waals surface area (Å²) in [5.41, 5.74) is 2.07. The van der Waals surface area contributed by atoms with Crippen molar-refractivity contribution < 1.29 is 0 Å². The number of rotatable bonds is 2. The standard InChI is InChI=1S/C12H13N3/c1-13-7-3-2-4-10-5-6-11-9-14-15-12(11)8-10/h5-6,8-9,13H,3,7H2,1H3,(H,14,15). The molecule has 0 aliphatic rings. The maximum absolute atomic E-state index is 3.97. The number of hydrogen-bond donors (Lipinski definition) is 2. The molecule has 0 amide bonds. The van der Waals surface area contributed by atoms with Crippen molar-refractivity contribution in [2.75, 3.05) is 13.6 Å². The fraction of sp³-hybridized carbons (Fsp3) is 0.250. The number of aromatic nitrogens is 2. The summed E-state index contributed by atoms with van der Waals surface area (Å²) in [6.45, 7) is 0.930. The van der Waals surface area contributed by atoms with Crippen LogP contribution in [-0.4, -0.2) is 23.8 Å². The van der Waals surface area contributed by atoms with Crippen LogP contribution in [0.1, 0.15) is 12.0 Å². The Balaban J connectivity index is 2.16. The van der Waals surface area contributed by atoms with E-state index in [9.17, 15) is 0 Å². The van der Waals surface area contributed by atoms with Crippen LogP contribution >= 0.6 is 0 Å². The van der Waals surface area contributed by atoms with Gasteiger partial charge in [0.15, 0.2) is 0 Å². The number of aromatic amines is 1. The van der Waals surface area contributed by atoms with E-state index < -0.39 is 0 Å². The van der Waals surface area contributed by atoms with Gasteiger partial charge in [-0.05, 0) is 25.2 Å². The van der Waals surface area contributed by atoms with Gasteiger partial charge in [-0.25, -0.2) is 0 Å². The SMILES string of the molecule is CNCCC#Cc1ccc2cn[nH]c2c1. The summed E-state index contributed by atoms with van der Waals surface area (Å²) in [7, 11) is 1.93. The van der Waals surface area contributed by atoms with Crippen LogP contribution in [0.2, 0.25) is 0 Å². The monoisotopic (exact) mass is 199 g/mol. The molecule has 2 N–H and O–H groups in total. The van der Waals surface area contributed by atoms with Gasteiger partial charge in [0.05, 0.1) is 11.7 Å². The molecule has 0 unspecified atom stereocenters. The molecular formula is C12H13N3. The van der Waals surface area contributed by atoms with Gasteiger partial charge in [-0.2, -0.15) is 5.10 Å². The normalized spacial score (nSPS) is 9.93. The Kier molecular flexibility index (Phi) is 3.01. The molecule has 1 heterocycles. The zero-order chi connectivity index (χ0) is 10.5. The average Bonchev–Trinajstić information content (AvgIpc) is 2.71. The molecule has 0 atom stereocenters. The molecule has 76 valence electrons. The lowest BCUT2D eigenvalue weighted by molar-refractivity contribution is 0.818. The molecule has 2 rings (SSSR count). The summed E-state index contributed by atoms with van der Waals surface area (Å²) in [4.78, 5) is 0. The van der Waals surface area contributed by atoms with Crippen LogP contribution in [-0.2, 0) is 0 Å². The lowest BCUT2D eigenvalue weighted by Crippen LogP contribution is -2.05. The van der Waals surface area contributed by atoms with E-state index in [1.807, 2.05) is 31.4 Å². The predicted molar refractivity (Wildman–Crippen MR) is 61.5 cm³/mol. The zero-order valence-corrected chi connectivity index (χ0v) is 8.67. The van der Waals surface area contributed by atoms with Crippen molar-refractivity contribution in [2.45, 2.75) is 6.42 Å². The lowest BCUT2D eigenvalue weighted by Gasteiger charge is -1.91. The van der Waals surface area contributed by atoms with Gasteiger partial charge in [0.1, 0.15) is 0 Å². The maximum atomic E-state index is 3.97. The summed E-state index contributed by atoms with van der Waals surface area (Å²) in [6.07, 6.45) is 2.69. The number of fused-ring (bicyclic) bond motifs is 1. The van der Waals surface area contributed by atoms with Gasteiger partial charge in [0.25, 0.3) is 0 Å².